The van der Waals surface area contributed by atoms with E-state index in [1.54, 1.807) is 0 Å². The lowest BCUT2D eigenvalue weighted by molar-refractivity contribution is 0.641. The van der Waals surface area contributed by atoms with E-state index in [9.17, 15) is 0 Å². The van der Waals surface area contributed by atoms with Gasteiger partial charge in [-0.15, -0.1) is 0 Å². The van der Waals surface area contributed by atoms with Crippen molar-refractivity contribution < 1.29 is 0 Å². The van der Waals surface area contributed by atoms with Crippen LogP contribution in [0.2, 0.25) is 0 Å². The van der Waals surface area contributed by atoms with Crippen LogP contribution in [-0.4, -0.2) is 9.97 Å². The van der Waals surface area contributed by atoms with Crippen LogP contribution in [0.5, 0.6) is 0 Å². The van der Waals surface area contributed by atoms with E-state index in [0.717, 1.165) is 59.6 Å². The van der Waals surface area contributed by atoms with Crippen LogP contribution in [0, 0.1) is 0 Å². The third kappa shape index (κ3) is 6.23. The quantitative estimate of drug-likeness (QED) is 0.175. The second-order valence-corrected chi connectivity index (χ2v) is 13.6. The Kier molecular flexibility index (Phi) is 8.23. The lowest BCUT2D eigenvalue weighted by Gasteiger charge is -2.26. The number of rotatable bonds is 7. The Labute approximate surface area is 290 Å². The molecule has 238 valence electrons. The Morgan fingerprint density at radius 1 is 0.510 bits per heavy atom. The maximum absolute atomic E-state index is 5.05. The summed E-state index contributed by atoms with van der Waals surface area (Å²) in [6, 6.07) is 46.1. The minimum Gasteiger partial charge on any atom is -0.228 e. The van der Waals surface area contributed by atoms with Crippen LogP contribution in [0.1, 0.15) is 61.1 Å². The van der Waals surface area contributed by atoms with E-state index >= 15 is 0 Å². The predicted octanol–water partition coefficient (Wildman–Crippen LogP) is 12.2. The first-order chi connectivity index (χ1) is 24.0. The van der Waals surface area contributed by atoms with Crippen molar-refractivity contribution in [1.29, 1.82) is 0 Å². The fraction of sp³-hybridized carbons (Fsp3) is 0.149. The first kappa shape index (κ1) is 30.7. The van der Waals surface area contributed by atoms with E-state index in [-0.39, 0.29) is 5.41 Å². The molecule has 0 saturated carbocycles. The predicted molar refractivity (Wildman–Crippen MR) is 206 cm³/mol. The molecule has 49 heavy (non-hydrogen) atoms. The molecule has 0 saturated heterocycles. The van der Waals surface area contributed by atoms with Crippen LogP contribution in [0.25, 0.3) is 56.5 Å². The molecule has 0 spiro atoms. The lowest BCUT2D eigenvalue weighted by Crippen LogP contribution is -2.18. The summed E-state index contributed by atoms with van der Waals surface area (Å²) in [7, 11) is 0. The molecule has 2 heteroatoms. The summed E-state index contributed by atoms with van der Waals surface area (Å²) in [5, 5.41) is 0. The van der Waals surface area contributed by atoms with Gasteiger partial charge in [-0.05, 0) is 87.9 Å². The molecular formula is C47H40N2. The molecule has 6 aromatic rings. The molecule has 2 aliphatic rings. The van der Waals surface area contributed by atoms with Gasteiger partial charge in [0.2, 0.25) is 0 Å². The average molecular weight is 633 g/mol. The Balaban J connectivity index is 1.06. The van der Waals surface area contributed by atoms with Crippen LogP contribution >= 0.6 is 0 Å². The van der Waals surface area contributed by atoms with Gasteiger partial charge in [-0.3, -0.25) is 0 Å². The summed E-state index contributed by atoms with van der Waals surface area (Å²) in [5.41, 5.74) is 15.4. The van der Waals surface area contributed by atoms with Crippen LogP contribution in [-0.2, 0) is 11.8 Å². The number of nitrogens with zero attached hydrogens (tertiary/aromatic N) is 2. The highest BCUT2D eigenvalue weighted by molar-refractivity contribution is 5.81. The molecule has 1 aromatic heterocycles. The van der Waals surface area contributed by atoms with Crippen molar-refractivity contribution >= 4 is 11.6 Å². The number of hydrogen-bond donors (Lipinski definition) is 0. The Morgan fingerprint density at radius 3 is 1.94 bits per heavy atom. The normalized spacial score (nSPS) is 14.0. The van der Waals surface area contributed by atoms with E-state index in [1.165, 1.54) is 44.5 Å². The zero-order valence-corrected chi connectivity index (χ0v) is 28.2. The zero-order chi connectivity index (χ0) is 33.2. The summed E-state index contributed by atoms with van der Waals surface area (Å²) >= 11 is 0. The highest BCUT2D eigenvalue weighted by Crippen LogP contribution is 2.36. The molecule has 0 aliphatic heterocycles. The molecule has 5 aromatic carbocycles. The zero-order valence-electron chi connectivity index (χ0n) is 28.2. The Hall–Kier alpha value is -5.60. The second-order valence-electron chi connectivity index (χ2n) is 13.6. The molecule has 0 amide bonds. The van der Waals surface area contributed by atoms with E-state index in [4.69, 9.17) is 9.97 Å². The monoisotopic (exact) mass is 632 g/mol. The maximum Gasteiger partial charge on any atom is 0.160 e. The summed E-state index contributed by atoms with van der Waals surface area (Å²) in [6.07, 6.45) is 15.6. The van der Waals surface area contributed by atoms with Crippen molar-refractivity contribution in [2.45, 2.75) is 44.9 Å². The summed E-state index contributed by atoms with van der Waals surface area (Å²) in [6.45, 7) is 4.60. The van der Waals surface area contributed by atoms with Crippen molar-refractivity contribution in [3.63, 3.8) is 0 Å². The molecular weight excluding hydrogens is 593 g/mol. The first-order valence-corrected chi connectivity index (χ1v) is 17.5. The van der Waals surface area contributed by atoms with Gasteiger partial charge in [-0.2, -0.15) is 0 Å². The van der Waals surface area contributed by atoms with Crippen molar-refractivity contribution in [2.75, 3.05) is 0 Å². The lowest BCUT2D eigenvalue weighted by atomic mass is 9.77. The minimum atomic E-state index is -0.177. The summed E-state index contributed by atoms with van der Waals surface area (Å²) in [5.74, 6) is 0.749. The van der Waals surface area contributed by atoms with Crippen molar-refractivity contribution in [3.8, 4) is 44.9 Å². The summed E-state index contributed by atoms with van der Waals surface area (Å²) in [4.78, 5) is 10.1. The smallest absolute Gasteiger partial charge is 0.160 e. The van der Waals surface area contributed by atoms with E-state index < -0.39 is 0 Å². The molecule has 0 fully saturated rings. The van der Waals surface area contributed by atoms with E-state index in [1.807, 2.05) is 6.07 Å². The number of hydrogen-bond acceptors (Lipinski definition) is 2. The number of allylic oxidation sites excluding steroid dienone is 5. The van der Waals surface area contributed by atoms with Gasteiger partial charge in [0.1, 0.15) is 0 Å². The molecule has 0 radical (unpaired) electrons. The molecule has 0 N–H and O–H groups in total. The maximum atomic E-state index is 5.05. The van der Waals surface area contributed by atoms with E-state index in [0.29, 0.717) is 0 Å². The van der Waals surface area contributed by atoms with Gasteiger partial charge in [0.25, 0.3) is 0 Å². The highest BCUT2D eigenvalue weighted by Gasteiger charge is 2.24. The van der Waals surface area contributed by atoms with Gasteiger partial charge in [0.15, 0.2) is 5.82 Å². The third-order valence-electron chi connectivity index (χ3n) is 10.1. The van der Waals surface area contributed by atoms with Crippen LogP contribution in [0.15, 0.2) is 152 Å². The van der Waals surface area contributed by atoms with Crippen LogP contribution in [0.4, 0.5) is 0 Å². The van der Waals surface area contributed by atoms with Gasteiger partial charge in [-0.25, -0.2) is 9.97 Å². The topological polar surface area (TPSA) is 25.8 Å². The van der Waals surface area contributed by atoms with Crippen molar-refractivity contribution in [1.82, 2.24) is 9.97 Å². The van der Waals surface area contributed by atoms with Gasteiger partial charge in [0, 0.05) is 16.5 Å². The Bertz CT molecular complexity index is 2220. The van der Waals surface area contributed by atoms with Gasteiger partial charge in [0.05, 0.1) is 11.4 Å². The van der Waals surface area contributed by atoms with Crippen LogP contribution in [0.3, 0.4) is 0 Å². The average Bonchev–Trinajstić information content (AvgIpc) is 3.18. The molecule has 2 nitrogen and oxygen atoms in total. The SMILES string of the molecule is CC(C)(c1ccc(-c2cccc(-c3cccc4c3C=CCC4)c2)cc1)c1ccc(-c2nc(C3=CCCC=C3)cc(-c3ccccc3)n2)cc1. The largest absolute Gasteiger partial charge is 0.228 e. The van der Waals surface area contributed by atoms with Gasteiger partial charge >= 0.3 is 0 Å². The Morgan fingerprint density at radius 2 is 1.18 bits per heavy atom. The van der Waals surface area contributed by atoms with Crippen molar-refractivity contribution in [2.24, 2.45) is 0 Å². The molecule has 0 bridgehead atoms. The number of fused-ring (bicyclic) bond motifs is 1. The van der Waals surface area contributed by atoms with Gasteiger partial charge < -0.3 is 0 Å². The molecule has 8 rings (SSSR count). The fourth-order valence-electron chi connectivity index (χ4n) is 7.15. The first-order valence-electron chi connectivity index (χ1n) is 17.5. The third-order valence-corrected chi connectivity index (χ3v) is 10.1. The number of benzene rings is 5. The van der Waals surface area contributed by atoms with E-state index in [2.05, 4.69) is 166 Å². The molecule has 2 aliphatic carbocycles. The second kappa shape index (κ2) is 13.1. The fourth-order valence-corrected chi connectivity index (χ4v) is 7.15. The minimum absolute atomic E-state index is 0.177. The molecule has 0 atom stereocenters. The highest BCUT2D eigenvalue weighted by atomic mass is 14.9. The van der Waals surface area contributed by atoms with Crippen molar-refractivity contribution in [3.05, 3.63) is 180 Å². The standard InChI is InChI=1S/C47H40N2/c1-47(2,40-27-23-33(24-28-40)38-19-11-20-39(31-38)43-22-12-18-34-13-9-10-21-42(34)43)41-29-25-37(26-30-41)46-48-44(35-14-5-3-6-15-35)32-45(49-46)36-16-7-4-8-17-36/h3,5-7,10-12,14-32H,4,8-9,13H2,1-2H3. The molecule has 0 unspecified atom stereocenters. The van der Waals surface area contributed by atoms with Gasteiger partial charge in [-0.1, -0.05) is 159 Å². The molecule has 1 heterocycles. The summed E-state index contributed by atoms with van der Waals surface area (Å²) < 4.78 is 0. The number of aryl methyl sites for hydroxylation is 1. The number of aromatic nitrogens is 2. The van der Waals surface area contributed by atoms with Crippen LogP contribution < -0.4 is 0 Å².